The Morgan fingerprint density at radius 3 is 2.10 bits per heavy atom. The lowest BCUT2D eigenvalue weighted by Crippen LogP contribution is -2.25. The number of nitrogens with zero attached hydrogens (tertiary/aromatic N) is 1. The van der Waals surface area contributed by atoms with Gasteiger partial charge in [0.05, 0.1) is 0 Å². The van der Waals surface area contributed by atoms with Gasteiger partial charge in [0.2, 0.25) is 0 Å². The van der Waals surface area contributed by atoms with Crippen molar-refractivity contribution in [3.05, 3.63) is 59.2 Å². The third-order valence-electron chi connectivity index (χ3n) is 4.31. The van der Waals surface area contributed by atoms with E-state index >= 15 is 0 Å². The van der Waals surface area contributed by atoms with Gasteiger partial charge in [0, 0.05) is 6.54 Å². The average molecular weight is 281 g/mol. The number of rotatable bonds is 6. The van der Waals surface area contributed by atoms with Gasteiger partial charge in [-0.1, -0.05) is 56.3 Å². The van der Waals surface area contributed by atoms with Crippen molar-refractivity contribution in [3.8, 4) is 11.1 Å². The van der Waals surface area contributed by atoms with Gasteiger partial charge < -0.3 is 4.90 Å². The van der Waals surface area contributed by atoms with Gasteiger partial charge in [-0.15, -0.1) is 0 Å². The first-order chi connectivity index (χ1) is 10.2. The zero-order chi connectivity index (χ0) is 15.2. The van der Waals surface area contributed by atoms with Crippen LogP contribution in [0.5, 0.6) is 0 Å². The lowest BCUT2D eigenvalue weighted by Gasteiger charge is -2.18. The molecule has 0 fully saturated rings. The molecule has 0 radical (unpaired) electrons. The molecule has 0 aliphatic heterocycles. The van der Waals surface area contributed by atoms with Crippen molar-refractivity contribution in [2.45, 2.75) is 34.1 Å². The molecule has 0 heterocycles. The Kier molecular flexibility index (Phi) is 5.58. The first kappa shape index (κ1) is 15.8. The highest BCUT2D eigenvalue weighted by Crippen LogP contribution is 2.27. The molecule has 0 N–H and O–H groups in total. The molecule has 2 aromatic rings. The summed E-state index contributed by atoms with van der Waals surface area (Å²) in [5.74, 6) is 0. The highest BCUT2D eigenvalue weighted by Gasteiger charge is 2.06. The molecule has 0 aliphatic rings. The van der Waals surface area contributed by atoms with Crippen LogP contribution >= 0.6 is 0 Å². The molecular weight excluding hydrogens is 254 g/mol. The van der Waals surface area contributed by atoms with Crippen LogP contribution in [0.1, 0.15) is 30.5 Å². The molecule has 0 bridgehead atoms. The summed E-state index contributed by atoms with van der Waals surface area (Å²) < 4.78 is 0. The topological polar surface area (TPSA) is 3.24 Å². The molecule has 0 amide bonds. The molecule has 112 valence electrons. The van der Waals surface area contributed by atoms with E-state index in [0.29, 0.717) is 0 Å². The molecule has 1 heteroatoms. The van der Waals surface area contributed by atoms with Gasteiger partial charge in [-0.3, -0.25) is 0 Å². The van der Waals surface area contributed by atoms with Crippen LogP contribution in [0.3, 0.4) is 0 Å². The van der Waals surface area contributed by atoms with Crippen molar-refractivity contribution in [2.24, 2.45) is 0 Å². The van der Waals surface area contributed by atoms with E-state index in [4.69, 9.17) is 0 Å². The van der Waals surface area contributed by atoms with E-state index in [1.807, 2.05) is 0 Å². The number of likely N-dealkylation sites (N-methyl/N-ethyl adjacent to an activating group) is 1. The maximum absolute atomic E-state index is 2.48. The molecule has 0 spiro atoms. The quantitative estimate of drug-likeness (QED) is 0.731. The van der Waals surface area contributed by atoms with E-state index in [2.05, 4.69) is 75.1 Å². The second-order valence-electron chi connectivity index (χ2n) is 5.74. The summed E-state index contributed by atoms with van der Waals surface area (Å²) in [6.07, 6.45) is 1.13. The Balaban J connectivity index is 2.22. The number of benzene rings is 2. The van der Waals surface area contributed by atoms with Gasteiger partial charge in [-0.25, -0.2) is 0 Å². The first-order valence-electron chi connectivity index (χ1n) is 8.03. The SMILES string of the molecule is CCN(CC)CCc1cccc(-c2c(C)cccc2C)c1. The fourth-order valence-electron chi connectivity index (χ4n) is 2.98. The second-order valence-corrected chi connectivity index (χ2v) is 5.74. The molecule has 1 nitrogen and oxygen atoms in total. The predicted molar refractivity (Wildman–Crippen MR) is 92.8 cm³/mol. The maximum atomic E-state index is 2.48. The first-order valence-corrected chi connectivity index (χ1v) is 8.03. The van der Waals surface area contributed by atoms with Crippen LogP contribution < -0.4 is 0 Å². The standard InChI is InChI=1S/C20H27N/c1-5-21(6-2)14-13-18-11-8-12-19(15-18)20-16(3)9-7-10-17(20)4/h7-12,15H,5-6,13-14H2,1-4H3. The number of hydrogen-bond donors (Lipinski definition) is 0. The maximum Gasteiger partial charge on any atom is 0.00216 e. The molecule has 2 rings (SSSR count). The minimum absolute atomic E-state index is 1.13. The normalized spacial score (nSPS) is 11.1. The lowest BCUT2D eigenvalue weighted by atomic mass is 9.94. The molecule has 21 heavy (non-hydrogen) atoms. The van der Waals surface area contributed by atoms with Gasteiger partial charge in [0.25, 0.3) is 0 Å². The Hall–Kier alpha value is -1.60. The van der Waals surface area contributed by atoms with E-state index in [1.165, 1.54) is 27.8 Å². The van der Waals surface area contributed by atoms with Gasteiger partial charge in [0.1, 0.15) is 0 Å². The van der Waals surface area contributed by atoms with E-state index in [9.17, 15) is 0 Å². The number of aryl methyl sites for hydroxylation is 2. The van der Waals surface area contributed by atoms with E-state index in [1.54, 1.807) is 0 Å². The summed E-state index contributed by atoms with van der Waals surface area (Å²) in [6.45, 7) is 12.3. The summed E-state index contributed by atoms with van der Waals surface area (Å²) in [6, 6.07) is 15.6. The van der Waals surface area contributed by atoms with Crippen molar-refractivity contribution in [3.63, 3.8) is 0 Å². The highest BCUT2D eigenvalue weighted by atomic mass is 15.1. The van der Waals surface area contributed by atoms with Crippen molar-refractivity contribution >= 4 is 0 Å². The molecule has 0 unspecified atom stereocenters. The Labute approximate surface area is 129 Å². The Morgan fingerprint density at radius 1 is 0.857 bits per heavy atom. The van der Waals surface area contributed by atoms with Gasteiger partial charge in [-0.2, -0.15) is 0 Å². The highest BCUT2D eigenvalue weighted by molar-refractivity contribution is 5.71. The van der Waals surface area contributed by atoms with E-state index < -0.39 is 0 Å². The van der Waals surface area contributed by atoms with Crippen LogP contribution in [0.15, 0.2) is 42.5 Å². The van der Waals surface area contributed by atoms with E-state index in [-0.39, 0.29) is 0 Å². The largest absolute Gasteiger partial charge is 0.304 e. The summed E-state index contributed by atoms with van der Waals surface area (Å²) in [5.41, 5.74) is 6.89. The van der Waals surface area contributed by atoms with Crippen LogP contribution in [0.2, 0.25) is 0 Å². The zero-order valence-electron chi connectivity index (χ0n) is 13.8. The van der Waals surface area contributed by atoms with Gasteiger partial charge in [-0.05, 0) is 61.2 Å². The van der Waals surface area contributed by atoms with Gasteiger partial charge >= 0.3 is 0 Å². The molecule has 0 atom stereocenters. The third-order valence-corrected chi connectivity index (χ3v) is 4.31. The summed E-state index contributed by atoms with van der Waals surface area (Å²) in [4.78, 5) is 2.48. The van der Waals surface area contributed by atoms with Crippen LogP contribution in [0, 0.1) is 13.8 Å². The predicted octanol–water partition coefficient (Wildman–Crippen LogP) is 4.85. The van der Waals surface area contributed by atoms with Crippen LogP contribution in [-0.4, -0.2) is 24.5 Å². The van der Waals surface area contributed by atoms with Crippen molar-refractivity contribution in [2.75, 3.05) is 19.6 Å². The minimum atomic E-state index is 1.13. The fourth-order valence-corrected chi connectivity index (χ4v) is 2.98. The van der Waals surface area contributed by atoms with Crippen molar-refractivity contribution < 1.29 is 0 Å². The third kappa shape index (κ3) is 3.95. The van der Waals surface area contributed by atoms with E-state index in [0.717, 1.165) is 26.1 Å². The van der Waals surface area contributed by atoms with Crippen LogP contribution in [0.25, 0.3) is 11.1 Å². The lowest BCUT2D eigenvalue weighted by molar-refractivity contribution is 0.308. The summed E-state index contributed by atoms with van der Waals surface area (Å²) in [7, 11) is 0. The molecule has 2 aromatic carbocycles. The summed E-state index contributed by atoms with van der Waals surface area (Å²) in [5, 5.41) is 0. The smallest absolute Gasteiger partial charge is 0.00216 e. The van der Waals surface area contributed by atoms with Crippen LogP contribution in [0.4, 0.5) is 0 Å². The molecular formula is C20H27N. The monoisotopic (exact) mass is 281 g/mol. The Bertz CT molecular complexity index is 562. The second kappa shape index (κ2) is 7.42. The minimum Gasteiger partial charge on any atom is -0.304 e. The molecule has 0 saturated carbocycles. The summed E-state index contributed by atoms with van der Waals surface area (Å²) >= 11 is 0. The molecule has 0 aliphatic carbocycles. The van der Waals surface area contributed by atoms with Gasteiger partial charge in [0.15, 0.2) is 0 Å². The van der Waals surface area contributed by atoms with Crippen molar-refractivity contribution in [1.29, 1.82) is 0 Å². The fraction of sp³-hybridized carbons (Fsp3) is 0.400. The Morgan fingerprint density at radius 2 is 1.48 bits per heavy atom. The van der Waals surface area contributed by atoms with Crippen molar-refractivity contribution in [1.82, 2.24) is 4.90 Å². The molecule has 0 aromatic heterocycles. The average Bonchev–Trinajstić information content (AvgIpc) is 2.48. The number of hydrogen-bond acceptors (Lipinski definition) is 1. The van der Waals surface area contributed by atoms with Crippen LogP contribution in [-0.2, 0) is 6.42 Å². The molecule has 0 saturated heterocycles. The zero-order valence-corrected chi connectivity index (χ0v) is 13.8.